The number of guanidine groups is 1. The van der Waals surface area contributed by atoms with E-state index >= 15 is 0 Å². The van der Waals surface area contributed by atoms with Gasteiger partial charge in [-0.05, 0) is 25.0 Å². The fourth-order valence-corrected chi connectivity index (χ4v) is 3.47. The molecule has 0 saturated carbocycles. The summed E-state index contributed by atoms with van der Waals surface area (Å²) >= 11 is 3.27. The summed E-state index contributed by atoms with van der Waals surface area (Å²) in [4.78, 5) is 6.60. The number of hydrogen-bond acceptors (Lipinski definition) is 3. The number of benzene rings is 1. The molecule has 140 valence electrons. The number of aliphatic imine (C=N–C) groups is 1. The van der Waals surface area contributed by atoms with E-state index in [1.807, 2.05) is 30.2 Å². The van der Waals surface area contributed by atoms with Crippen molar-refractivity contribution in [3.8, 4) is 0 Å². The average molecular weight is 423 g/mol. The van der Waals surface area contributed by atoms with Gasteiger partial charge in [0.05, 0.1) is 11.9 Å². The Morgan fingerprint density at radius 1 is 1.46 bits per heavy atom. The summed E-state index contributed by atoms with van der Waals surface area (Å²) in [6, 6.07) is 5.36. The lowest BCUT2D eigenvalue weighted by molar-refractivity contribution is 0.467. The van der Waals surface area contributed by atoms with E-state index in [-0.39, 0.29) is 11.9 Å². The molecule has 1 aliphatic rings. The van der Waals surface area contributed by atoms with Crippen molar-refractivity contribution in [2.45, 2.75) is 25.4 Å². The van der Waals surface area contributed by atoms with Gasteiger partial charge in [0, 0.05) is 56.0 Å². The molecule has 0 radical (unpaired) electrons. The van der Waals surface area contributed by atoms with Gasteiger partial charge in [0.2, 0.25) is 0 Å². The molecule has 2 N–H and O–H groups in total. The normalized spacial score (nSPS) is 18.1. The van der Waals surface area contributed by atoms with Crippen molar-refractivity contribution in [2.75, 3.05) is 25.0 Å². The van der Waals surface area contributed by atoms with Gasteiger partial charge in [0.25, 0.3) is 0 Å². The van der Waals surface area contributed by atoms with Gasteiger partial charge < -0.3 is 15.5 Å². The Labute approximate surface area is 161 Å². The molecule has 1 atom stereocenters. The molecular weight excluding hydrogens is 399 g/mol. The quantitative estimate of drug-likeness (QED) is 0.587. The summed E-state index contributed by atoms with van der Waals surface area (Å²) in [6.45, 7) is 2.30. The van der Waals surface area contributed by atoms with Crippen molar-refractivity contribution in [3.05, 3.63) is 46.4 Å². The SMILES string of the molecule is CN=C(NCc1ccc(Br)cc1F)NC1CCCN(c2cnn(C)c2)C1. The van der Waals surface area contributed by atoms with Crippen LogP contribution in [0.5, 0.6) is 0 Å². The molecular formula is C18H24BrFN6. The first-order chi connectivity index (χ1) is 12.5. The van der Waals surface area contributed by atoms with Crippen molar-refractivity contribution >= 4 is 27.6 Å². The lowest BCUT2D eigenvalue weighted by Gasteiger charge is -2.34. The number of aryl methyl sites for hydroxylation is 1. The van der Waals surface area contributed by atoms with E-state index in [0.717, 1.165) is 36.1 Å². The Bertz CT molecular complexity index is 775. The van der Waals surface area contributed by atoms with Gasteiger partial charge in [-0.1, -0.05) is 22.0 Å². The summed E-state index contributed by atoms with van der Waals surface area (Å²) in [5.74, 6) is 0.452. The van der Waals surface area contributed by atoms with Gasteiger partial charge in [0.1, 0.15) is 5.82 Å². The van der Waals surface area contributed by atoms with Gasteiger partial charge in [-0.15, -0.1) is 0 Å². The Balaban J connectivity index is 1.55. The monoisotopic (exact) mass is 422 g/mol. The largest absolute Gasteiger partial charge is 0.367 e. The van der Waals surface area contributed by atoms with Crippen LogP contribution >= 0.6 is 15.9 Å². The fourth-order valence-electron chi connectivity index (χ4n) is 3.13. The van der Waals surface area contributed by atoms with Gasteiger partial charge in [-0.3, -0.25) is 9.67 Å². The molecule has 1 aliphatic heterocycles. The molecule has 0 aliphatic carbocycles. The standard InChI is InChI=1S/C18H24BrFN6/c1-21-18(22-9-13-5-6-14(19)8-17(13)20)24-15-4-3-7-26(11-15)16-10-23-25(2)12-16/h5-6,8,10,12,15H,3-4,7,9,11H2,1-2H3,(H2,21,22,24). The van der Waals surface area contributed by atoms with Gasteiger partial charge >= 0.3 is 0 Å². The summed E-state index contributed by atoms with van der Waals surface area (Å²) in [7, 11) is 3.66. The summed E-state index contributed by atoms with van der Waals surface area (Å²) in [6.07, 6.45) is 6.10. The Hall–Kier alpha value is -2.09. The Morgan fingerprint density at radius 3 is 3.00 bits per heavy atom. The minimum Gasteiger partial charge on any atom is -0.367 e. The first kappa shape index (κ1) is 18.7. The molecule has 1 saturated heterocycles. The van der Waals surface area contributed by atoms with E-state index in [0.29, 0.717) is 18.1 Å². The third-order valence-corrected chi connectivity index (χ3v) is 5.00. The maximum Gasteiger partial charge on any atom is 0.191 e. The molecule has 8 heteroatoms. The van der Waals surface area contributed by atoms with Crippen molar-refractivity contribution in [1.29, 1.82) is 0 Å². The first-order valence-electron chi connectivity index (χ1n) is 8.70. The topological polar surface area (TPSA) is 57.5 Å². The zero-order valence-electron chi connectivity index (χ0n) is 15.0. The van der Waals surface area contributed by atoms with Crippen LogP contribution in [0.3, 0.4) is 0 Å². The second-order valence-electron chi connectivity index (χ2n) is 6.46. The number of nitrogens with one attached hydrogen (secondary N) is 2. The van der Waals surface area contributed by atoms with Gasteiger partial charge in [0.15, 0.2) is 5.96 Å². The van der Waals surface area contributed by atoms with E-state index in [1.165, 1.54) is 6.07 Å². The molecule has 0 bridgehead atoms. The molecule has 1 aromatic heterocycles. The molecule has 1 aromatic carbocycles. The number of anilines is 1. The van der Waals surface area contributed by atoms with Crippen LogP contribution in [0.25, 0.3) is 0 Å². The smallest absolute Gasteiger partial charge is 0.191 e. The van der Waals surface area contributed by atoms with Crippen LogP contribution in [-0.4, -0.2) is 41.9 Å². The molecule has 0 amide bonds. The highest BCUT2D eigenvalue weighted by Gasteiger charge is 2.21. The van der Waals surface area contributed by atoms with Crippen LogP contribution in [0.4, 0.5) is 10.1 Å². The van der Waals surface area contributed by atoms with E-state index < -0.39 is 0 Å². The Kier molecular flexibility index (Phi) is 6.13. The fraction of sp³-hybridized carbons (Fsp3) is 0.444. The molecule has 3 rings (SSSR count). The van der Waals surface area contributed by atoms with Crippen molar-refractivity contribution < 1.29 is 4.39 Å². The molecule has 26 heavy (non-hydrogen) atoms. The molecule has 1 fully saturated rings. The Morgan fingerprint density at radius 2 is 2.31 bits per heavy atom. The minimum atomic E-state index is -0.234. The summed E-state index contributed by atoms with van der Waals surface area (Å²) in [5, 5.41) is 10.9. The maximum atomic E-state index is 14.0. The predicted octanol–water partition coefficient (Wildman–Crippen LogP) is 2.66. The van der Waals surface area contributed by atoms with E-state index in [1.54, 1.807) is 13.1 Å². The lowest BCUT2D eigenvalue weighted by atomic mass is 10.1. The molecule has 0 spiro atoms. The van der Waals surface area contributed by atoms with Crippen molar-refractivity contribution in [2.24, 2.45) is 12.0 Å². The third kappa shape index (κ3) is 4.75. The molecule has 2 heterocycles. The van der Waals surface area contributed by atoms with Crippen LogP contribution in [0.1, 0.15) is 18.4 Å². The highest BCUT2D eigenvalue weighted by Crippen LogP contribution is 2.19. The number of nitrogens with zero attached hydrogens (tertiary/aromatic N) is 4. The second kappa shape index (κ2) is 8.53. The number of aromatic nitrogens is 2. The van der Waals surface area contributed by atoms with Gasteiger partial charge in [-0.25, -0.2) is 4.39 Å². The van der Waals surface area contributed by atoms with Crippen LogP contribution in [0.15, 0.2) is 40.1 Å². The molecule has 1 unspecified atom stereocenters. The third-order valence-electron chi connectivity index (χ3n) is 4.50. The van der Waals surface area contributed by atoms with E-state index in [9.17, 15) is 4.39 Å². The maximum absolute atomic E-state index is 14.0. The van der Waals surface area contributed by atoms with Crippen molar-refractivity contribution in [3.63, 3.8) is 0 Å². The average Bonchev–Trinajstić information content (AvgIpc) is 3.06. The first-order valence-corrected chi connectivity index (χ1v) is 9.49. The number of halogens is 2. The van der Waals surface area contributed by atoms with Crippen LogP contribution in [0.2, 0.25) is 0 Å². The highest BCUT2D eigenvalue weighted by atomic mass is 79.9. The van der Waals surface area contributed by atoms with Crippen LogP contribution in [-0.2, 0) is 13.6 Å². The minimum absolute atomic E-state index is 0.234. The highest BCUT2D eigenvalue weighted by molar-refractivity contribution is 9.10. The van der Waals surface area contributed by atoms with Crippen LogP contribution < -0.4 is 15.5 Å². The number of piperidine rings is 1. The van der Waals surface area contributed by atoms with Crippen LogP contribution in [0, 0.1) is 5.82 Å². The summed E-state index contributed by atoms with van der Waals surface area (Å²) in [5.41, 5.74) is 1.75. The zero-order valence-corrected chi connectivity index (χ0v) is 16.6. The number of hydrogen-bond donors (Lipinski definition) is 2. The van der Waals surface area contributed by atoms with E-state index in [4.69, 9.17) is 0 Å². The second-order valence-corrected chi connectivity index (χ2v) is 7.38. The molecule has 2 aromatic rings. The predicted molar refractivity (Wildman–Crippen MR) is 106 cm³/mol. The van der Waals surface area contributed by atoms with Crippen molar-refractivity contribution in [1.82, 2.24) is 20.4 Å². The lowest BCUT2D eigenvalue weighted by Crippen LogP contribution is -2.51. The number of rotatable bonds is 4. The van der Waals surface area contributed by atoms with Gasteiger partial charge in [-0.2, -0.15) is 5.10 Å². The molecule has 6 nitrogen and oxygen atoms in total. The van der Waals surface area contributed by atoms with E-state index in [2.05, 4.69) is 41.6 Å². The zero-order chi connectivity index (χ0) is 18.5. The summed E-state index contributed by atoms with van der Waals surface area (Å²) < 4.78 is 16.5.